The Balaban J connectivity index is 1.85. The van der Waals surface area contributed by atoms with Gasteiger partial charge in [0.2, 0.25) is 0 Å². The molecule has 0 bridgehead atoms. The van der Waals surface area contributed by atoms with E-state index in [2.05, 4.69) is 10.0 Å². The molecule has 3 aromatic rings. The van der Waals surface area contributed by atoms with Gasteiger partial charge in [0, 0.05) is 16.4 Å². The molecule has 6 nitrogen and oxygen atoms in total. The highest BCUT2D eigenvalue weighted by atomic mass is 35.5. The zero-order chi connectivity index (χ0) is 22.6. The first kappa shape index (κ1) is 22.9. The van der Waals surface area contributed by atoms with E-state index < -0.39 is 15.9 Å². The van der Waals surface area contributed by atoms with Gasteiger partial charge in [0.25, 0.3) is 15.9 Å². The Morgan fingerprint density at radius 3 is 2.39 bits per heavy atom. The van der Waals surface area contributed by atoms with E-state index in [0.717, 1.165) is 0 Å². The number of benzene rings is 3. The second-order valence-corrected chi connectivity index (χ2v) is 9.07. The zero-order valence-electron chi connectivity index (χ0n) is 16.8. The van der Waals surface area contributed by atoms with Gasteiger partial charge in [0.05, 0.1) is 22.1 Å². The summed E-state index contributed by atoms with van der Waals surface area (Å²) in [6.45, 7) is 4.13. The largest absolute Gasteiger partial charge is 0.494 e. The van der Waals surface area contributed by atoms with Gasteiger partial charge in [0.1, 0.15) is 5.75 Å². The molecule has 9 heteroatoms. The molecule has 3 rings (SSSR count). The van der Waals surface area contributed by atoms with Gasteiger partial charge in [-0.25, -0.2) is 8.42 Å². The summed E-state index contributed by atoms with van der Waals surface area (Å²) in [5, 5.41) is 3.34. The summed E-state index contributed by atoms with van der Waals surface area (Å²) < 4.78 is 33.5. The van der Waals surface area contributed by atoms with Gasteiger partial charge in [-0.3, -0.25) is 9.52 Å². The Morgan fingerprint density at radius 1 is 1.00 bits per heavy atom. The Labute approximate surface area is 191 Å². The monoisotopic (exact) mass is 478 g/mol. The van der Waals surface area contributed by atoms with Crippen LogP contribution < -0.4 is 14.8 Å². The van der Waals surface area contributed by atoms with Gasteiger partial charge in [-0.2, -0.15) is 0 Å². The summed E-state index contributed by atoms with van der Waals surface area (Å²) >= 11 is 12.3. The number of carbonyl (C=O) groups is 1. The fourth-order valence-corrected chi connectivity index (χ4v) is 4.24. The van der Waals surface area contributed by atoms with Gasteiger partial charge in [-0.15, -0.1) is 0 Å². The Hall–Kier alpha value is -2.74. The molecular weight excluding hydrogens is 459 g/mol. The lowest BCUT2D eigenvalue weighted by atomic mass is 10.1. The Kier molecular flexibility index (Phi) is 7.10. The van der Waals surface area contributed by atoms with E-state index in [1.807, 2.05) is 6.92 Å². The van der Waals surface area contributed by atoms with Crippen LogP contribution in [0.1, 0.15) is 22.8 Å². The minimum atomic E-state index is -3.95. The summed E-state index contributed by atoms with van der Waals surface area (Å²) in [4.78, 5) is 12.7. The van der Waals surface area contributed by atoms with Crippen molar-refractivity contribution in [2.45, 2.75) is 18.7 Å². The van der Waals surface area contributed by atoms with E-state index in [9.17, 15) is 13.2 Å². The summed E-state index contributed by atoms with van der Waals surface area (Å²) in [7, 11) is -3.95. The maximum atomic E-state index is 12.8. The first-order chi connectivity index (χ1) is 14.7. The van der Waals surface area contributed by atoms with Crippen LogP contribution >= 0.6 is 23.2 Å². The molecule has 0 spiro atoms. The van der Waals surface area contributed by atoms with Gasteiger partial charge in [0.15, 0.2) is 0 Å². The molecule has 0 aromatic heterocycles. The predicted molar refractivity (Wildman–Crippen MR) is 124 cm³/mol. The van der Waals surface area contributed by atoms with E-state index >= 15 is 0 Å². The first-order valence-electron chi connectivity index (χ1n) is 9.33. The van der Waals surface area contributed by atoms with E-state index in [-0.39, 0.29) is 15.5 Å². The van der Waals surface area contributed by atoms with E-state index in [0.29, 0.717) is 34.3 Å². The topological polar surface area (TPSA) is 84.5 Å². The van der Waals surface area contributed by atoms with Crippen molar-refractivity contribution in [2.75, 3.05) is 16.6 Å². The highest BCUT2D eigenvalue weighted by Crippen LogP contribution is 2.27. The SMILES string of the molecule is CCOc1ccc(NS(=O)(=O)c2ccc(Cl)c(C(=O)Nc3cccc(Cl)c3C)c2)cc1. The third-order valence-electron chi connectivity index (χ3n) is 4.43. The molecule has 0 saturated heterocycles. The van der Waals surface area contributed by atoms with Crippen molar-refractivity contribution in [3.05, 3.63) is 81.8 Å². The minimum absolute atomic E-state index is 0.0237. The lowest BCUT2D eigenvalue weighted by molar-refractivity contribution is 0.102. The third-order valence-corrected chi connectivity index (χ3v) is 6.54. The molecule has 0 heterocycles. The van der Waals surface area contributed by atoms with Crippen LogP contribution in [0.5, 0.6) is 5.75 Å². The van der Waals surface area contributed by atoms with Crippen molar-refractivity contribution in [3.63, 3.8) is 0 Å². The van der Waals surface area contributed by atoms with Crippen molar-refractivity contribution in [2.24, 2.45) is 0 Å². The molecule has 162 valence electrons. The van der Waals surface area contributed by atoms with Crippen molar-refractivity contribution in [1.29, 1.82) is 0 Å². The molecule has 3 aromatic carbocycles. The molecule has 0 radical (unpaired) electrons. The number of anilines is 2. The molecule has 1 amide bonds. The van der Waals surface area contributed by atoms with Crippen LogP contribution in [0.2, 0.25) is 10.0 Å². The summed E-state index contributed by atoms with van der Waals surface area (Å²) in [6, 6.07) is 15.5. The number of amides is 1. The number of carbonyl (C=O) groups excluding carboxylic acids is 1. The van der Waals surface area contributed by atoms with Crippen LogP contribution in [0.3, 0.4) is 0 Å². The number of halogens is 2. The number of ether oxygens (including phenoxy) is 1. The number of rotatable bonds is 7. The normalized spacial score (nSPS) is 11.1. The van der Waals surface area contributed by atoms with E-state index in [1.165, 1.54) is 18.2 Å². The third kappa shape index (κ3) is 5.50. The predicted octanol–water partition coefficient (Wildman–Crippen LogP) is 5.75. The average Bonchev–Trinajstić information content (AvgIpc) is 2.73. The molecule has 31 heavy (non-hydrogen) atoms. The van der Waals surface area contributed by atoms with Gasteiger partial charge in [-0.05, 0) is 74.0 Å². The summed E-state index contributed by atoms with van der Waals surface area (Å²) in [5.74, 6) is 0.0840. The van der Waals surface area contributed by atoms with Gasteiger partial charge < -0.3 is 10.1 Å². The van der Waals surface area contributed by atoms with Crippen LogP contribution in [-0.4, -0.2) is 20.9 Å². The standard InChI is InChI=1S/C22H20Cl2N2O4S/c1-3-30-16-9-7-15(8-10-16)26-31(28,29)17-11-12-20(24)18(13-17)22(27)25-21-6-4-5-19(23)14(21)2/h4-13,26H,3H2,1-2H3,(H,25,27). The quantitative estimate of drug-likeness (QED) is 0.452. The summed E-state index contributed by atoms with van der Waals surface area (Å²) in [5.41, 5.74) is 1.58. The zero-order valence-corrected chi connectivity index (χ0v) is 19.1. The van der Waals surface area contributed by atoms with Gasteiger partial charge >= 0.3 is 0 Å². The first-order valence-corrected chi connectivity index (χ1v) is 11.6. The Bertz CT molecular complexity index is 1210. The number of hydrogen-bond donors (Lipinski definition) is 2. The molecule has 0 atom stereocenters. The highest BCUT2D eigenvalue weighted by Gasteiger charge is 2.20. The lowest BCUT2D eigenvalue weighted by Crippen LogP contribution is -2.17. The highest BCUT2D eigenvalue weighted by molar-refractivity contribution is 7.92. The average molecular weight is 479 g/mol. The van der Waals surface area contributed by atoms with Crippen LogP contribution in [0.4, 0.5) is 11.4 Å². The van der Waals surface area contributed by atoms with Crippen molar-refractivity contribution in [3.8, 4) is 5.75 Å². The smallest absolute Gasteiger partial charge is 0.261 e. The molecule has 0 aliphatic heterocycles. The molecule has 2 N–H and O–H groups in total. The van der Waals surface area contributed by atoms with Crippen LogP contribution in [-0.2, 0) is 10.0 Å². The van der Waals surface area contributed by atoms with Crippen LogP contribution in [0.25, 0.3) is 0 Å². The fourth-order valence-electron chi connectivity index (χ4n) is 2.78. The second kappa shape index (κ2) is 9.60. The van der Waals surface area contributed by atoms with Gasteiger partial charge in [-0.1, -0.05) is 29.3 Å². The van der Waals surface area contributed by atoms with E-state index in [1.54, 1.807) is 49.4 Å². The Morgan fingerprint density at radius 2 is 1.71 bits per heavy atom. The molecule has 0 aliphatic carbocycles. The van der Waals surface area contributed by atoms with E-state index in [4.69, 9.17) is 27.9 Å². The van der Waals surface area contributed by atoms with Crippen molar-refractivity contribution in [1.82, 2.24) is 0 Å². The van der Waals surface area contributed by atoms with Crippen molar-refractivity contribution >= 4 is 50.5 Å². The second-order valence-electron chi connectivity index (χ2n) is 6.57. The number of sulfonamides is 1. The fraction of sp³-hybridized carbons (Fsp3) is 0.136. The van der Waals surface area contributed by atoms with Crippen LogP contribution in [0, 0.1) is 6.92 Å². The van der Waals surface area contributed by atoms with Crippen molar-refractivity contribution < 1.29 is 17.9 Å². The maximum absolute atomic E-state index is 12.8. The minimum Gasteiger partial charge on any atom is -0.494 e. The molecule has 0 aliphatic rings. The molecule has 0 saturated carbocycles. The number of hydrogen-bond acceptors (Lipinski definition) is 4. The molecule has 0 unspecified atom stereocenters. The lowest BCUT2D eigenvalue weighted by Gasteiger charge is -2.13. The summed E-state index contributed by atoms with van der Waals surface area (Å²) in [6.07, 6.45) is 0. The molecular formula is C22H20Cl2N2O4S. The number of nitrogens with one attached hydrogen (secondary N) is 2. The van der Waals surface area contributed by atoms with Crippen LogP contribution in [0.15, 0.2) is 65.6 Å². The molecule has 0 fully saturated rings. The maximum Gasteiger partial charge on any atom is 0.261 e.